The fourth-order valence-electron chi connectivity index (χ4n) is 4.29. The number of carbonyl (C=O) groups is 1. The van der Waals surface area contributed by atoms with Gasteiger partial charge in [-0.15, -0.1) is 0 Å². The molecule has 5 rings (SSSR count). The number of ketones is 1. The Balaban J connectivity index is 1.58. The summed E-state index contributed by atoms with van der Waals surface area (Å²) in [4.78, 5) is 13.4. The summed E-state index contributed by atoms with van der Waals surface area (Å²) < 4.78 is 11.1. The lowest BCUT2D eigenvalue weighted by Gasteiger charge is -2.29. The maximum absolute atomic E-state index is 13.4. The summed E-state index contributed by atoms with van der Waals surface area (Å²) in [6.07, 6.45) is 2.86. The Bertz CT molecular complexity index is 1090. The Morgan fingerprint density at radius 3 is 2.66 bits per heavy atom. The van der Waals surface area contributed by atoms with Crippen molar-refractivity contribution in [1.82, 2.24) is 0 Å². The highest BCUT2D eigenvalue weighted by atomic mass is 16.5. The number of rotatable bonds is 3. The minimum absolute atomic E-state index is 0.103. The van der Waals surface area contributed by atoms with Gasteiger partial charge in [0.1, 0.15) is 17.6 Å². The van der Waals surface area contributed by atoms with Gasteiger partial charge in [0, 0.05) is 17.7 Å². The third-order valence-corrected chi connectivity index (χ3v) is 5.70. The van der Waals surface area contributed by atoms with E-state index in [2.05, 4.69) is 16.7 Å². The Labute approximate surface area is 169 Å². The molecule has 2 atom stereocenters. The van der Waals surface area contributed by atoms with Gasteiger partial charge in [0.25, 0.3) is 0 Å². The van der Waals surface area contributed by atoms with E-state index in [0.29, 0.717) is 6.42 Å². The predicted octanol–water partition coefficient (Wildman–Crippen LogP) is 5.27. The molecule has 0 amide bonds. The van der Waals surface area contributed by atoms with Crippen LogP contribution in [0, 0.1) is 0 Å². The van der Waals surface area contributed by atoms with Gasteiger partial charge in [0.05, 0.1) is 24.7 Å². The van der Waals surface area contributed by atoms with Crippen molar-refractivity contribution < 1.29 is 13.9 Å². The van der Waals surface area contributed by atoms with Crippen LogP contribution in [0.1, 0.15) is 36.1 Å². The van der Waals surface area contributed by atoms with Crippen LogP contribution >= 0.6 is 0 Å². The van der Waals surface area contributed by atoms with E-state index < -0.39 is 0 Å². The third kappa shape index (κ3) is 3.18. The van der Waals surface area contributed by atoms with Crippen LogP contribution in [-0.4, -0.2) is 12.9 Å². The van der Waals surface area contributed by atoms with E-state index in [9.17, 15) is 4.79 Å². The zero-order valence-corrected chi connectivity index (χ0v) is 16.1. The zero-order valence-electron chi connectivity index (χ0n) is 16.1. The van der Waals surface area contributed by atoms with E-state index in [0.717, 1.165) is 46.1 Å². The molecule has 3 aromatic rings. The molecule has 2 aliphatic rings. The van der Waals surface area contributed by atoms with Crippen molar-refractivity contribution in [1.29, 1.82) is 0 Å². The minimum Gasteiger partial charge on any atom is -0.497 e. The molecule has 0 spiro atoms. The Kier molecular flexibility index (Phi) is 4.35. The quantitative estimate of drug-likeness (QED) is 0.642. The molecule has 1 aliphatic carbocycles. The maximum Gasteiger partial charge on any atom is 0.163 e. The number of anilines is 2. The normalized spacial score (nSPS) is 20.8. The smallest absolute Gasteiger partial charge is 0.163 e. The second kappa shape index (κ2) is 7.17. The first-order valence-corrected chi connectivity index (χ1v) is 9.79. The summed E-state index contributed by atoms with van der Waals surface area (Å²) in [5.41, 5.74) is 4.75. The first-order valence-electron chi connectivity index (χ1n) is 9.79. The lowest BCUT2D eigenvalue weighted by molar-refractivity contribution is -0.116. The molecule has 0 saturated heterocycles. The fourth-order valence-corrected chi connectivity index (χ4v) is 4.29. The number of allylic oxidation sites excluding steroid dienone is 1. The standard InChI is InChI=1S/C24H22N2O3/c1-28-17-7-4-6-15(12-17)16-13-20-23(21(27)14-16)24(22-10-5-11-29-22)26-19-9-3-2-8-18(19)25-20/h2-12,16,24-26H,13-14H2,1H3/t16-,24+/m0/s1. The summed E-state index contributed by atoms with van der Waals surface area (Å²) in [6.45, 7) is 0. The molecular formula is C24H22N2O3. The van der Waals surface area contributed by atoms with Crippen molar-refractivity contribution >= 4 is 17.2 Å². The number of fused-ring (bicyclic) bond motifs is 1. The maximum atomic E-state index is 13.4. The summed E-state index contributed by atoms with van der Waals surface area (Å²) in [5, 5.41) is 7.04. The van der Waals surface area contributed by atoms with Crippen molar-refractivity contribution in [2.75, 3.05) is 17.7 Å². The Hall–Kier alpha value is -3.47. The highest BCUT2D eigenvalue weighted by molar-refractivity contribution is 6.01. The molecule has 0 saturated carbocycles. The van der Waals surface area contributed by atoms with Crippen LogP contribution in [0.4, 0.5) is 11.4 Å². The van der Waals surface area contributed by atoms with Crippen molar-refractivity contribution in [3.63, 3.8) is 0 Å². The van der Waals surface area contributed by atoms with Gasteiger partial charge < -0.3 is 19.8 Å². The average molecular weight is 386 g/mol. The highest BCUT2D eigenvalue weighted by Gasteiger charge is 2.37. The number of para-hydroxylation sites is 2. The lowest BCUT2D eigenvalue weighted by atomic mass is 9.79. The number of Topliss-reactive ketones (excluding diaryl/α,β-unsaturated/α-hetero) is 1. The third-order valence-electron chi connectivity index (χ3n) is 5.70. The number of hydrogen-bond donors (Lipinski definition) is 2. The van der Waals surface area contributed by atoms with Crippen LogP contribution in [-0.2, 0) is 4.79 Å². The van der Waals surface area contributed by atoms with Gasteiger partial charge in [-0.2, -0.15) is 0 Å². The Morgan fingerprint density at radius 1 is 1.00 bits per heavy atom. The SMILES string of the molecule is COc1cccc([C@@H]2CC(=O)C3=C(C2)Nc2ccccc2N[C@@H]3c2ccco2)c1. The molecule has 146 valence electrons. The predicted molar refractivity (Wildman–Crippen MR) is 112 cm³/mol. The second-order valence-corrected chi connectivity index (χ2v) is 7.46. The molecule has 2 heterocycles. The van der Waals surface area contributed by atoms with Gasteiger partial charge in [0.2, 0.25) is 0 Å². The number of benzene rings is 2. The van der Waals surface area contributed by atoms with Crippen molar-refractivity contribution in [3.8, 4) is 5.75 Å². The van der Waals surface area contributed by atoms with Crippen molar-refractivity contribution in [2.45, 2.75) is 24.8 Å². The minimum atomic E-state index is -0.310. The average Bonchev–Trinajstić information content (AvgIpc) is 3.22. The number of nitrogens with one attached hydrogen (secondary N) is 2. The van der Waals surface area contributed by atoms with E-state index >= 15 is 0 Å². The molecule has 0 unspecified atom stereocenters. The molecule has 2 N–H and O–H groups in total. The molecule has 1 aromatic heterocycles. The molecule has 29 heavy (non-hydrogen) atoms. The van der Waals surface area contributed by atoms with E-state index in [1.807, 2.05) is 54.6 Å². The van der Waals surface area contributed by atoms with Crippen LogP contribution in [0.3, 0.4) is 0 Å². The molecule has 1 aliphatic heterocycles. The number of furan rings is 1. The summed E-state index contributed by atoms with van der Waals surface area (Å²) in [5.74, 6) is 1.79. The van der Waals surface area contributed by atoms with Crippen LogP contribution in [0.15, 0.2) is 82.6 Å². The Morgan fingerprint density at radius 2 is 1.86 bits per heavy atom. The molecule has 5 heteroatoms. The topological polar surface area (TPSA) is 63.5 Å². The number of methoxy groups -OCH3 is 1. The summed E-state index contributed by atoms with van der Waals surface area (Å²) in [6, 6.07) is 19.5. The summed E-state index contributed by atoms with van der Waals surface area (Å²) in [7, 11) is 1.66. The van der Waals surface area contributed by atoms with E-state index in [4.69, 9.17) is 9.15 Å². The second-order valence-electron chi connectivity index (χ2n) is 7.46. The van der Waals surface area contributed by atoms with E-state index in [-0.39, 0.29) is 17.7 Å². The van der Waals surface area contributed by atoms with Crippen LogP contribution in [0.25, 0.3) is 0 Å². The van der Waals surface area contributed by atoms with E-state index in [1.165, 1.54) is 0 Å². The van der Waals surface area contributed by atoms with Crippen LogP contribution < -0.4 is 15.4 Å². The van der Waals surface area contributed by atoms with Crippen molar-refractivity contribution in [3.05, 3.63) is 89.5 Å². The van der Waals surface area contributed by atoms with Crippen molar-refractivity contribution in [2.24, 2.45) is 0 Å². The van der Waals surface area contributed by atoms with Gasteiger partial charge in [-0.05, 0) is 54.3 Å². The fraction of sp³-hybridized carbons (Fsp3) is 0.208. The number of hydrogen-bond acceptors (Lipinski definition) is 5. The van der Waals surface area contributed by atoms with Gasteiger partial charge in [0.15, 0.2) is 5.78 Å². The summed E-state index contributed by atoms with van der Waals surface area (Å²) >= 11 is 0. The number of ether oxygens (including phenoxy) is 1. The van der Waals surface area contributed by atoms with Gasteiger partial charge >= 0.3 is 0 Å². The first-order chi connectivity index (χ1) is 14.2. The number of carbonyl (C=O) groups excluding carboxylic acids is 1. The van der Waals surface area contributed by atoms with Crippen LogP contribution in [0.5, 0.6) is 5.75 Å². The molecular weight excluding hydrogens is 364 g/mol. The lowest BCUT2D eigenvalue weighted by Crippen LogP contribution is -2.26. The zero-order chi connectivity index (χ0) is 19.8. The first kappa shape index (κ1) is 17.6. The van der Waals surface area contributed by atoms with Gasteiger partial charge in [-0.3, -0.25) is 4.79 Å². The van der Waals surface area contributed by atoms with Gasteiger partial charge in [-0.25, -0.2) is 0 Å². The highest BCUT2D eigenvalue weighted by Crippen LogP contribution is 2.44. The molecule has 0 radical (unpaired) electrons. The monoisotopic (exact) mass is 386 g/mol. The van der Waals surface area contributed by atoms with Crippen LogP contribution in [0.2, 0.25) is 0 Å². The molecule has 2 aromatic carbocycles. The molecule has 5 nitrogen and oxygen atoms in total. The largest absolute Gasteiger partial charge is 0.497 e. The van der Waals surface area contributed by atoms with E-state index in [1.54, 1.807) is 13.4 Å². The molecule has 0 bridgehead atoms. The van der Waals surface area contributed by atoms with Gasteiger partial charge in [-0.1, -0.05) is 24.3 Å². The molecule has 0 fully saturated rings.